The number of benzene rings is 12. The molecular weight excluding hydrogens is 859 g/mol. The molecule has 3 heteroatoms. The summed E-state index contributed by atoms with van der Waals surface area (Å²) in [7, 11) is 0. The molecule has 0 spiro atoms. The van der Waals surface area contributed by atoms with Crippen LogP contribution in [0.15, 0.2) is 297 Å². The van der Waals surface area contributed by atoms with Crippen molar-refractivity contribution in [3.63, 3.8) is 0 Å². The van der Waals surface area contributed by atoms with E-state index in [0.29, 0.717) is 0 Å². The first-order valence-corrected chi connectivity index (χ1v) is 24.2. The quantitative estimate of drug-likeness (QED) is 0.113. The number of hydrogen-bond donors (Lipinski definition) is 0. The number of rotatable bonds is 12. The van der Waals surface area contributed by atoms with Crippen molar-refractivity contribution in [2.45, 2.75) is 0 Å². The van der Waals surface area contributed by atoms with Gasteiger partial charge >= 0.3 is 0 Å². The molecule has 12 rings (SSSR count). The van der Waals surface area contributed by atoms with E-state index in [2.05, 4.69) is 312 Å². The van der Waals surface area contributed by atoms with Crippen LogP contribution in [-0.2, 0) is 0 Å². The van der Waals surface area contributed by atoms with Crippen molar-refractivity contribution in [3.05, 3.63) is 297 Å². The van der Waals surface area contributed by atoms with Gasteiger partial charge < -0.3 is 14.7 Å². The average Bonchev–Trinajstić information content (AvgIpc) is 3.45. The predicted molar refractivity (Wildman–Crippen MR) is 302 cm³/mol. The van der Waals surface area contributed by atoms with E-state index in [1.807, 2.05) is 0 Å². The minimum absolute atomic E-state index is 1.09. The van der Waals surface area contributed by atoms with E-state index < -0.39 is 0 Å². The van der Waals surface area contributed by atoms with Crippen molar-refractivity contribution in [3.8, 4) is 33.4 Å². The van der Waals surface area contributed by atoms with Gasteiger partial charge in [0, 0.05) is 51.2 Å². The van der Waals surface area contributed by atoms with Crippen LogP contribution in [0.1, 0.15) is 0 Å². The number of hydrogen-bond acceptors (Lipinski definition) is 3. The lowest BCUT2D eigenvalue weighted by atomic mass is 9.99. The molecule has 0 aliphatic rings. The van der Waals surface area contributed by atoms with Crippen LogP contribution in [0, 0.1) is 0 Å². The first-order chi connectivity index (χ1) is 35.2. The Labute approximate surface area is 416 Å². The molecule has 336 valence electrons. The Morgan fingerprint density at radius 1 is 0.155 bits per heavy atom. The minimum atomic E-state index is 1.09. The fourth-order valence-corrected chi connectivity index (χ4v) is 9.87. The zero-order chi connectivity index (χ0) is 47.3. The monoisotopic (exact) mass is 907 g/mol. The summed E-state index contributed by atoms with van der Waals surface area (Å²) in [4.78, 5) is 7.00. The van der Waals surface area contributed by atoms with Crippen LogP contribution < -0.4 is 14.7 Å². The standard InChI is InChI=1S/C68H49N3/c1-6-16-50(17-7-1)52-28-36-61(37-29-52)69(58-20-10-3-11-21-58)62-38-32-54(33-39-62)55-34-42-64(43-35-55)71(60-24-14-5-15-25-60)66-45-47-68-57(49-66)27-26-56-48-65(44-46-67(56)68)70(59-22-12-4-13-23-59)63-40-30-53(31-41-63)51-18-8-2-9-19-51/h1-49H. The van der Waals surface area contributed by atoms with E-state index in [4.69, 9.17) is 0 Å². The molecule has 0 radical (unpaired) electrons. The number of fused-ring (bicyclic) bond motifs is 3. The van der Waals surface area contributed by atoms with Gasteiger partial charge in [-0.1, -0.05) is 188 Å². The third kappa shape index (κ3) is 8.81. The summed E-state index contributed by atoms with van der Waals surface area (Å²) in [5, 5.41) is 4.82. The maximum absolute atomic E-state index is 2.35. The van der Waals surface area contributed by atoms with Gasteiger partial charge in [0.2, 0.25) is 0 Å². The lowest BCUT2D eigenvalue weighted by Crippen LogP contribution is -2.10. The molecule has 0 aliphatic carbocycles. The topological polar surface area (TPSA) is 9.72 Å². The van der Waals surface area contributed by atoms with Gasteiger partial charge in [-0.3, -0.25) is 0 Å². The first-order valence-electron chi connectivity index (χ1n) is 24.2. The molecule has 0 unspecified atom stereocenters. The fraction of sp³-hybridized carbons (Fsp3) is 0. The maximum atomic E-state index is 2.35. The lowest BCUT2D eigenvalue weighted by molar-refractivity contribution is 1.28. The summed E-state index contributed by atoms with van der Waals surface area (Å²) in [5.41, 5.74) is 17.1. The number of para-hydroxylation sites is 3. The molecule has 0 bridgehead atoms. The molecule has 0 fully saturated rings. The van der Waals surface area contributed by atoms with Crippen LogP contribution in [0.5, 0.6) is 0 Å². The highest BCUT2D eigenvalue weighted by Crippen LogP contribution is 2.42. The molecule has 0 saturated carbocycles. The molecule has 12 aromatic carbocycles. The van der Waals surface area contributed by atoms with Crippen molar-refractivity contribution < 1.29 is 0 Å². The first kappa shape index (κ1) is 42.9. The fourth-order valence-electron chi connectivity index (χ4n) is 9.87. The smallest absolute Gasteiger partial charge is 0.0468 e. The highest BCUT2D eigenvalue weighted by atomic mass is 15.2. The molecule has 0 N–H and O–H groups in total. The van der Waals surface area contributed by atoms with Crippen LogP contribution in [0.25, 0.3) is 54.9 Å². The van der Waals surface area contributed by atoms with Crippen molar-refractivity contribution in [2.75, 3.05) is 14.7 Å². The van der Waals surface area contributed by atoms with Crippen molar-refractivity contribution in [2.24, 2.45) is 0 Å². The molecule has 12 aromatic rings. The zero-order valence-corrected chi connectivity index (χ0v) is 39.1. The Kier molecular flexibility index (Phi) is 11.6. The summed E-state index contributed by atoms with van der Waals surface area (Å²) in [6, 6.07) is 107. The van der Waals surface area contributed by atoms with Crippen LogP contribution >= 0.6 is 0 Å². The van der Waals surface area contributed by atoms with E-state index in [9.17, 15) is 0 Å². The Balaban J connectivity index is 0.834. The van der Waals surface area contributed by atoms with Gasteiger partial charge in [-0.05, 0) is 164 Å². The molecule has 0 atom stereocenters. The van der Waals surface area contributed by atoms with E-state index in [1.165, 1.54) is 43.8 Å². The Hall–Kier alpha value is -9.44. The van der Waals surface area contributed by atoms with E-state index in [1.54, 1.807) is 0 Å². The molecule has 0 heterocycles. The molecule has 0 amide bonds. The Bertz CT molecular complexity index is 3690. The SMILES string of the molecule is c1ccc(-c2ccc(N(c3ccccc3)c3ccc(-c4ccc(N(c5ccccc5)c5ccc6c(ccc7cc(N(c8ccccc8)c8ccc(-c9ccccc9)cc8)ccc76)c5)cc4)cc3)cc2)cc1. The lowest BCUT2D eigenvalue weighted by Gasteiger charge is -2.27. The van der Waals surface area contributed by atoms with Gasteiger partial charge in [-0.15, -0.1) is 0 Å². The zero-order valence-electron chi connectivity index (χ0n) is 39.1. The van der Waals surface area contributed by atoms with Crippen LogP contribution in [-0.4, -0.2) is 0 Å². The molecule has 71 heavy (non-hydrogen) atoms. The summed E-state index contributed by atoms with van der Waals surface area (Å²) in [5.74, 6) is 0. The number of nitrogens with zero attached hydrogens (tertiary/aromatic N) is 3. The summed E-state index contributed by atoms with van der Waals surface area (Å²) >= 11 is 0. The van der Waals surface area contributed by atoms with Crippen molar-refractivity contribution in [1.29, 1.82) is 0 Å². The normalized spacial score (nSPS) is 11.1. The highest BCUT2D eigenvalue weighted by molar-refractivity contribution is 6.10. The minimum Gasteiger partial charge on any atom is -0.311 e. The second-order valence-electron chi connectivity index (χ2n) is 17.8. The molecule has 0 aliphatic heterocycles. The van der Waals surface area contributed by atoms with Gasteiger partial charge in [-0.25, -0.2) is 0 Å². The maximum Gasteiger partial charge on any atom is 0.0468 e. The third-order valence-electron chi connectivity index (χ3n) is 13.4. The summed E-state index contributed by atoms with van der Waals surface area (Å²) in [6.07, 6.45) is 0. The van der Waals surface area contributed by atoms with Crippen LogP contribution in [0.4, 0.5) is 51.2 Å². The summed E-state index contributed by atoms with van der Waals surface area (Å²) in [6.45, 7) is 0. The second-order valence-corrected chi connectivity index (χ2v) is 17.8. The van der Waals surface area contributed by atoms with Gasteiger partial charge in [0.25, 0.3) is 0 Å². The van der Waals surface area contributed by atoms with Gasteiger partial charge in [0.05, 0.1) is 0 Å². The van der Waals surface area contributed by atoms with Gasteiger partial charge in [0.1, 0.15) is 0 Å². The third-order valence-corrected chi connectivity index (χ3v) is 13.4. The Morgan fingerprint density at radius 3 is 0.648 bits per heavy atom. The number of anilines is 9. The molecule has 0 saturated heterocycles. The van der Waals surface area contributed by atoms with E-state index in [-0.39, 0.29) is 0 Å². The van der Waals surface area contributed by atoms with E-state index in [0.717, 1.165) is 62.3 Å². The average molecular weight is 908 g/mol. The van der Waals surface area contributed by atoms with Crippen molar-refractivity contribution in [1.82, 2.24) is 0 Å². The second kappa shape index (κ2) is 19.3. The van der Waals surface area contributed by atoms with Crippen molar-refractivity contribution >= 4 is 72.7 Å². The largest absolute Gasteiger partial charge is 0.311 e. The molecule has 3 nitrogen and oxygen atoms in total. The molecule has 0 aromatic heterocycles. The highest BCUT2D eigenvalue weighted by Gasteiger charge is 2.18. The predicted octanol–water partition coefficient (Wildman–Crippen LogP) is 19.4. The summed E-state index contributed by atoms with van der Waals surface area (Å²) < 4.78 is 0. The van der Waals surface area contributed by atoms with Gasteiger partial charge in [-0.2, -0.15) is 0 Å². The Morgan fingerprint density at radius 2 is 0.366 bits per heavy atom. The van der Waals surface area contributed by atoms with Crippen LogP contribution in [0.3, 0.4) is 0 Å². The molecular formula is C68H49N3. The van der Waals surface area contributed by atoms with Gasteiger partial charge in [0.15, 0.2) is 0 Å². The van der Waals surface area contributed by atoms with E-state index >= 15 is 0 Å². The van der Waals surface area contributed by atoms with Crippen LogP contribution in [0.2, 0.25) is 0 Å².